The third-order valence-corrected chi connectivity index (χ3v) is 9.06. The fourth-order valence-corrected chi connectivity index (χ4v) is 7.80. The Morgan fingerprint density at radius 3 is 2.57 bits per heavy atom. The van der Waals surface area contributed by atoms with Crippen LogP contribution in [0, 0.1) is 24.7 Å². The number of piperidine rings is 1. The summed E-state index contributed by atoms with van der Waals surface area (Å²) in [5.74, 6) is -0.339. The van der Waals surface area contributed by atoms with E-state index in [2.05, 4.69) is 0 Å². The van der Waals surface area contributed by atoms with Crippen molar-refractivity contribution < 1.29 is 27.5 Å². The quantitative estimate of drug-likeness (QED) is 0.652. The molecule has 2 heterocycles. The van der Waals surface area contributed by atoms with Crippen molar-refractivity contribution in [3.63, 3.8) is 0 Å². The Kier molecular flexibility index (Phi) is 5.40. The lowest BCUT2D eigenvalue weighted by atomic mass is 9.60. The number of aryl methyl sites for hydroxylation is 1. The zero-order valence-electron chi connectivity index (χ0n) is 17.5. The number of ether oxygens (including phenoxy) is 2. The fourth-order valence-electron chi connectivity index (χ4n) is 6.06. The molecule has 4 rings (SSSR count). The molecule has 30 heavy (non-hydrogen) atoms. The molecule has 2 saturated heterocycles. The highest BCUT2D eigenvalue weighted by atomic mass is 32.2. The number of benzene rings is 1. The molecule has 1 aliphatic carbocycles. The molecule has 1 saturated carbocycles. The molecule has 8 nitrogen and oxygen atoms in total. The molecule has 1 unspecified atom stereocenters. The van der Waals surface area contributed by atoms with Gasteiger partial charge in [0.1, 0.15) is 6.29 Å². The molecule has 0 spiro atoms. The van der Waals surface area contributed by atoms with Crippen LogP contribution in [0.1, 0.15) is 18.4 Å². The van der Waals surface area contributed by atoms with E-state index in [1.54, 1.807) is 29.2 Å². The van der Waals surface area contributed by atoms with E-state index in [4.69, 9.17) is 9.47 Å². The van der Waals surface area contributed by atoms with Crippen LogP contribution in [0.4, 0.5) is 4.79 Å². The first-order chi connectivity index (χ1) is 14.3. The number of amides is 1. The minimum Gasteiger partial charge on any atom is -0.453 e. The number of hydrogen-bond donors (Lipinski definition) is 0. The number of carbonyl (C=O) groups excluding carboxylic acids is 2. The summed E-state index contributed by atoms with van der Waals surface area (Å²) >= 11 is 0. The van der Waals surface area contributed by atoms with Gasteiger partial charge in [0, 0.05) is 26.1 Å². The summed E-state index contributed by atoms with van der Waals surface area (Å²) in [4.78, 5) is 26.7. The first-order valence-electron chi connectivity index (χ1n) is 10.2. The largest absolute Gasteiger partial charge is 0.453 e. The van der Waals surface area contributed by atoms with Gasteiger partial charge in [-0.15, -0.1) is 0 Å². The summed E-state index contributed by atoms with van der Waals surface area (Å²) in [6.45, 7) is 2.80. The zero-order chi connectivity index (χ0) is 21.7. The molecule has 0 aromatic heterocycles. The van der Waals surface area contributed by atoms with E-state index in [-0.39, 0.29) is 23.3 Å². The third kappa shape index (κ3) is 2.90. The summed E-state index contributed by atoms with van der Waals surface area (Å²) in [6.07, 6.45) is 1.50. The van der Waals surface area contributed by atoms with Crippen molar-refractivity contribution in [1.29, 1.82) is 0 Å². The standard InChI is InChI=1S/C21H28N2O6S/c1-14-4-6-17(7-5-14)30(26,27)23-9-8-18-15-10-16(12-24)19(23)21(18,13-28-2)22(11-15)20(25)29-3/h4-7,12,15-16,18-19H,8-11,13H2,1-3H3/t15-,16?,18+,19-,21-/m0/s1. The van der Waals surface area contributed by atoms with Crippen molar-refractivity contribution >= 4 is 22.4 Å². The Balaban J connectivity index is 1.86. The molecule has 5 atom stereocenters. The van der Waals surface area contributed by atoms with Gasteiger partial charge in [-0.3, -0.25) is 4.90 Å². The Bertz CT molecular complexity index is 933. The minimum absolute atomic E-state index is 0.0576. The maximum absolute atomic E-state index is 13.7. The van der Waals surface area contributed by atoms with Gasteiger partial charge < -0.3 is 14.3 Å². The second-order valence-corrected chi connectivity index (χ2v) is 10.5. The number of methoxy groups -OCH3 is 2. The monoisotopic (exact) mass is 436 g/mol. The highest BCUT2D eigenvalue weighted by Crippen LogP contribution is 2.56. The summed E-state index contributed by atoms with van der Waals surface area (Å²) in [7, 11) is -1.01. The van der Waals surface area contributed by atoms with Crippen molar-refractivity contribution in [2.45, 2.75) is 36.2 Å². The van der Waals surface area contributed by atoms with Crippen LogP contribution in [0.2, 0.25) is 0 Å². The molecule has 9 heteroatoms. The van der Waals surface area contributed by atoms with E-state index >= 15 is 0 Å². The van der Waals surface area contributed by atoms with Crippen molar-refractivity contribution in [3.8, 4) is 0 Å². The van der Waals surface area contributed by atoms with Gasteiger partial charge in [-0.05, 0) is 43.7 Å². The van der Waals surface area contributed by atoms with Gasteiger partial charge in [0.25, 0.3) is 0 Å². The normalized spacial score (nSPS) is 33.4. The molecule has 164 valence electrons. The number of likely N-dealkylation sites (tertiary alicyclic amines) is 1. The number of nitrogens with zero attached hydrogens (tertiary/aromatic N) is 2. The molecule has 1 amide bonds. The molecule has 1 aromatic rings. The molecule has 1 aromatic carbocycles. The van der Waals surface area contributed by atoms with Crippen LogP contribution in [0.25, 0.3) is 0 Å². The fraction of sp³-hybridized carbons (Fsp3) is 0.619. The summed E-state index contributed by atoms with van der Waals surface area (Å²) in [6, 6.07) is 6.00. The van der Waals surface area contributed by atoms with Crippen LogP contribution < -0.4 is 0 Å². The Labute approximate surface area is 177 Å². The number of rotatable bonds is 5. The van der Waals surface area contributed by atoms with E-state index in [0.29, 0.717) is 25.9 Å². The SMILES string of the molecule is COC[C@]12[C@@H]3CCN(S(=O)(=O)c4ccc(C)cc4)[C@H]1C(C=O)C[C@H]3CN2C(=O)OC. The number of hydrogen-bond acceptors (Lipinski definition) is 6. The van der Waals surface area contributed by atoms with Gasteiger partial charge in [-0.1, -0.05) is 17.7 Å². The lowest BCUT2D eigenvalue weighted by Gasteiger charge is -2.57. The summed E-state index contributed by atoms with van der Waals surface area (Å²) < 4.78 is 39.4. The third-order valence-electron chi connectivity index (χ3n) is 7.17. The molecule has 4 bridgehead atoms. The Morgan fingerprint density at radius 2 is 1.97 bits per heavy atom. The predicted octanol–water partition coefficient (Wildman–Crippen LogP) is 1.68. The first kappa shape index (κ1) is 21.3. The Morgan fingerprint density at radius 1 is 1.27 bits per heavy atom. The van der Waals surface area contributed by atoms with Crippen LogP contribution in [-0.4, -0.2) is 75.5 Å². The smallest absolute Gasteiger partial charge is 0.410 e. The van der Waals surface area contributed by atoms with Crippen LogP contribution in [0.5, 0.6) is 0 Å². The van der Waals surface area contributed by atoms with Gasteiger partial charge in [0.2, 0.25) is 10.0 Å². The highest BCUT2D eigenvalue weighted by molar-refractivity contribution is 7.89. The molecule has 0 N–H and O–H groups in total. The van der Waals surface area contributed by atoms with E-state index in [1.165, 1.54) is 18.5 Å². The van der Waals surface area contributed by atoms with E-state index in [1.807, 2.05) is 6.92 Å². The second-order valence-electron chi connectivity index (χ2n) is 8.57. The van der Waals surface area contributed by atoms with Gasteiger partial charge in [0.15, 0.2) is 0 Å². The summed E-state index contributed by atoms with van der Waals surface area (Å²) in [5.41, 5.74) is 0.0363. The molecular weight excluding hydrogens is 408 g/mol. The van der Waals surface area contributed by atoms with Crippen molar-refractivity contribution in [2.75, 3.05) is 33.9 Å². The van der Waals surface area contributed by atoms with E-state index in [9.17, 15) is 18.0 Å². The predicted molar refractivity (Wildman–Crippen MR) is 108 cm³/mol. The zero-order valence-corrected chi connectivity index (χ0v) is 18.3. The molecule has 3 fully saturated rings. The van der Waals surface area contributed by atoms with Gasteiger partial charge in [0.05, 0.1) is 30.2 Å². The average Bonchev–Trinajstić information content (AvgIpc) is 2.95. The Hall–Kier alpha value is -1.97. The topological polar surface area (TPSA) is 93.2 Å². The van der Waals surface area contributed by atoms with Crippen molar-refractivity contribution in [3.05, 3.63) is 29.8 Å². The number of aldehydes is 1. The van der Waals surface area contributed by atoms with E-state index < -0.39 is 33.6 Å². The van der Waals surface area contributed by atoms with Gasteiger partial charge in [-0.25, -0.2) is 13.2 Å². The van der Waals surface area contributed by atoms with Gasteiger partial charge in [-0.2, -0.15) is 4.31 Å². The van der Waals surface area contributed by atoms with Crippen LogP contribution in [0.3, 0.4) is 0 Å². The summed E-state index contributed by atoms with van der Waals surface area (Å²) in [5, 5.41) is 0. The van der Waals surface area contributed by atoms with Crippen molar-refractivity contribution in [2.24, 2.45) is 17.8 Å². The lowest BCUT2D eigenvalue weighted by molar-refractivity contribution is -0.125. The maximum Gasteiger partial charge on any atom is 0.410 e. The molecule has 2 aliphatic heterocycles. The maximum atomic E-state index is 13.7. The van der Waals surface area contributed by atoms with Crippen molar-refractivity contribution in [1.82, 2.24) is 9.21 Å². The molecule has 3 aliphatic rings. The highest BCUT2D eigenvalue weighted by Gasteiger charge is 2.69. The van der Waals surface area contributed by atoms with Gasteiger partial charge >= 0.3 is 6.09 Å². The minimum atomic E-state index is -3.87. The lowest BCUT2D eigenvalue weighted by Crippen LogP contribution is -2.73. The van der Waals surface area contributed by atoms with Crippen LogP contribution in [-0.2, 0) is 24.3 Å². The molecular formula is C21H28N2O6S. The second kappa shape index (κ2) is 7.62. The van der Waals surface area contributed by atoms with Crippen LogP contribution >= 0.6 is 0 Å². The average molecular weight is 437 g/mol. The molecule has 0 radical (unpaired) electrons. The number of sulfonamides is 1. The van der Waals surface area contributed by atoms with E-state index in [0.717, 1.165) is 11.8 Å². The first-order valence-corrected chi connectivity index (χ1v) is 11.6. The number of carbonyl (C=O) groups is 2. The van der Waals surface area contributed by atoms with Crippen LogP contribution in [0.15, 0.2) is 29.2 Å².